The van der Waals surface area contributed by atoms with E-state index in [1.165, 1.54) is 0 Å². The Labute approximate surface area is 192 Å². The van der Waals surface area contributed by atoms with Crippen LogP contribution in [0.1, 0.15) is 45.6 Å². The third kappa shape index (κ3) is 8.44. The molecule has 1 unspecified atom stereocenters. The van der Waals surface area contributed by atoms with Crippen LogP contribution in [0.5, 0.6) is 0 Å². The molecule has 174 valence electrons. The van der Waals surface area contributed by atoms with Gasteiger partial charge in [-0.25, -0.2) is 0 Å². The highest BCUT2D eigenvalue weighted by atomic mass is 16.2. The van der Waals surface area contributed by atoms with E-state index in [-0.39, 0.29) is 24.4 Å². The summed E-state index contributed by atoms with van der Waals surface area (Å²) < 4.78 is 0. The molecule has 5 N–H and O–H groups in total. The first kappa shape index (κ1) is 25.6. The normalized spacial score (nSPS) is 12.9. The van der Waals surface area contributed by atoms with Gasteiger partial charge in [0.25, 0.3) is 0 Å². The van der Waals surface area contributed by atoms with Crippen LogP contribution >= 0.6 is 0 Å². The molecule has 0 spiro atoms. The van der Waals surface area contributed by atoms with Gasteiger partial charge in [-0.05, 0) is 23.1 Å². The third-order valence-corrected chi connectivity index (χ3v) is 5.30. The largest absolute Gasteiger partial charge is 0.354 e. The molecule has 6 heteroatoms. The first-order valence-corrected chi connectivity index (χ1v) is 11.6. The summed E-state index contributed by atoms with van der Waals surface area (Å²) in [5.74, 6) is -0.419. The highest BCUT2D eigenvalue weighted by Crippen LogP contribution is 2.19. The highest BCUT2D eigenvalue weighted by Gasteiger charge is 2.25. The molecule has 0 radical (unpaired) electrons. The Morgan fingerprint density at radius 2 is 1.53 bits per heavy atom. The maximum absolute atomic E-state index is 12.9. The average Bonchev–Trinajstić information content (AvgIpc) is 2.80. The van der Waals surface area contributed by atoms with Crippen LogP contribution in [-0.2, 0) is 16.0 Å². The van der Waals surface area contributed by atoms with Crippen LogP contribution in [0.3, 0.4) is 0 Å². The second-order valence-corrected chi connectivity index (χ2v) is 8.44. The van der Waals surface area contributed by atoms with Gasteiger partial charge in [-0.2, -0.15) is 0 Å². The van der Waals surface area contributed by atoms with Gasteiger partial charge >= 0.3 is 0 Å². The fourth-order valence-corrected chi connectivity index (χ4v) is 3.54. The van der Waals surface area contributed by atoms with E-state index >= 15 is 0 Å². The molecule has 2 amide bonds. The summed E-state index contributed by atoms with van der Waals surface area (Å²) in [5, 5.41) is 9.04. The maximum atomic E-state index is 12.9. The number of hydrogen-bond acceptors (Lipinski definition) is 4. The summed E-state index contributed by atoms with van der Waals surface area (Å²) in [4.78, 5) is 25.7. The zero-order valence-corrected chi connectivity index (χ0v) is 19.6. The number of nitrogens with two attached hydrogens (primary N) is 1. The van der Waals surface area contributed by atoms with Gasteiger partial charge in [0.15, 0.2) is 0 Å². The smallest absolute Gasteiger partial charge is 0.242 e. The van der Waals surface area contributed by atoms with Gasteiger partial charge < -0.3 is 21.7 Å². The molecule has 0 aliphatic carbocycles. The Morgan fingerprint density at radius 1 is 0.875 bits per heavy atom. The van der Waals surface area contributed by atoms with Crippen molar-refractivity contribution in [2.24, 2.45) is 5.73 Å². The van der Waals surface area contributed by atoms with E-state index in [9.17, 15) is 9.59 Å². The second kappa shape index (κ2) is 13.7. The van der Waals surface area contributed by atoms with Crippen molar-refractivity contribution in [3.63, 3.8) is 0 Å². The van der Waals surface area contributed by atoms with Crippen LogP contribution in [0.2, 0.25) is 0 Å². The van der Waals surface area contributed by atoms with Gasteiger partial charge in [0.05, 0.1) is 6.04 Å². The topological polar surface area (TPSA) is 96.2 Å². The van der Waals surface area contributed by atoms with E-state index < -0.39 is 12.1 Å². The van der Waals surface area contributed by atoms with E-state index in [4.69, 9.17) is 5.73 Å². The zero-order chi connectivity index (χ0) is 23.3. The van der Waals surface area contributed by atoms with Crippen molar-refractivity contribution in [1.29, 1.82) is 0 Å². The number of carbonyl (C=O) groups is 2. The quantitative estimate of drug-likeness (QED) is 0.362. The van der Waals surface area contributed by atoms with E-state index in [1.807, 2.05) is 56.3 Å². The first-order chi connectivity index (χ1) is 15.4. The summed E-state index contributed by atoms with van der Waals surface area (Å²) >= 11 is 0. The van der Waals surface area contributed by atoms with Crippen molar-refractivity contribution in [1.82, 2.24) is 16.0 Å². The predicted octanol–water partition coefficient (Wildman–Crippen LogP) is 3.01. The number of hydrogen-bond donors (Lipinski definition) is 4. The molecule has 0 saturated heterocycles. The van der Waals surface area contributed by atoms with Crippen LogP contribution in [-0.4, -0.2) is 43.0 Å². The number of rotatable bonds is 13. The van der Waals surface area contributed by atoms with Gasteiger partial charge in [0.1, 0.15) is 6.04 Å². The molecular formula is C26H38N4O2. The molecule has 32 heavy (non-hydrogen) atoms. The minimum atomic E-state index is -0.658. The van der Waals surface area contributed by atoms with Crippen molar-refractivity contribution in [3.8, 4) is 11.1 Å². The number of nitrogens with one attached hydrogen (secondary N) is 3. The van der Waals surface area contributed by atoms with Crippen molar-refractivity contribution < 1.29 is 9.59 Å². The van der Waals surface area contributed by atoms with Crippen LogP contribution < -0.4 is 21.7 Å². The van der Waals surface area contributed by atoms with E-state index in [0.29, 0.717) is 13.0 Å². The average molecular weight is 439 g/mol. The molecule has 6 nitrogen and oxygen atoms in total. The maximum Gasteiger partial charge on any atom is 0.242 e. The fraction of sp³-hybridized carbons (Fsp3) is 0.462. The van der Waals surface area contributed by atoms with Crippen molar-refractivity contribution >= 4 is 11.8 Å². The Kier molecular flexibility index (Phi) is 10.9. The number of unbranched alkanes of at least 4 members (excludes halogenated alkanes) is 2. The van der Waals surface area contributed by atoms with E-state index in [2.05, 4.69) is 35.0 Å². The highest BCUT2D eigenvalue weighted by molar-refractivity contribution is 5.90. The molecule has 0 aliphatic heterocycles. The van der Waals surface area contributed by atoms with Crippen molar-refractivity contribution in [2.45, 2.75) is 64.6 Å². The fourth-order valence-electron chi connectivity index (χ4n) is 3.54. The van der Waals surface area contributed by atoms with E-state index in [1.54, 1.807) is 0 Å². The summed E-state index contributed by atoms with van der Waals surface area (Å²) in [6, 6.07) is 17.2. The standard InChI is InChI=1S/C26H38N4O2/c1-4-5-9-16-28-25(31)23(30-26(32)24(18-27)29-19(2)3)17-20-12-14-22(15-13-20)21-10-7-6-8-11-21/h6-8,10-15,19,23-24,29H,4-5,9,16-18,27H2,1-3H3,(H,28,31)(H,30,32)/t23-,24?/m1/s1. The van der Waals surface area contributed by atoms with Gasteiger partial charge in [0, 0.05) is 25.6 Å². The van der Waals surface area contributed by atoms with Gasteiger partial charge in [-0.15, -0.1) is 0 Å². The lowest BCUT2D eigenvalue weighted by Gasteiger charge is -2.24. The molecule has 2 rings (SSSR count). The molecule has 0 fully saturated rings. The molecule has 0 heterocycles. The first-order valence-electron chi connectivity index (χ1n) is 11.6. The van der Waals surface area contributed by atoms with Crippen LogP contribution in [0.15, 0.2) is 54.6 Å². The second-order valence-electron chi connectivity index (χ2n) is 8.44. The lowest BCUT2D eigenvalue weighted by molar-refractivity contribution is -0.130. The summed E-state index contributed by atoms with van der Waals surface area (Å²) in [6.07, 6.45) is 3.49. The van der Waals surface area contributed by atoms with Crippen LogP contribution in [0.4, 0.5) is 0 Å². The van der Waals surface area contributed by atoms with Crippen molar-refractivity contribution in [3.05, 3.63) is 60.2 Å². The molecular weight excluding hydrogens is 400 g/mol. The minimum absolute atomic E-state index is 0.112. The van der Waals surface area contributed by atoms with E-state index in [0.717, 1.165) is 36.0 Å². The summed E-state index contributed by atoms with van der Waals surface area (Å²) in [6.45, 7) is 6.82. The number of amides is 2. The monoisotopic (exact) mass is 438 g/mol. The zero-order valence-electron chi connectivity index (χ0n) is 19.6. The Bertz CT molecular complexity index is 821. The minimum Gasteiger partial charge on any atom is -0.354 e. The van der Waals surface area contributed by atoms with Gasteiger partial charge in [-0.1, -0.05) is 88.2 Å². The Morgan fingerprint density at radius 3 is 2.12 bits per heavy atom. The summed E-state index contributed by atoms with van der Waals surface area (Å²) in [5.41, 5.74) is 9.03. The van der Waals surface area contributed by atoms with Gasteiger partial charge in [0.2, 0.25) is 11.8 Å². The SMILES string of the molecule is CCCCCNC(=O)[C@@H](Cc1ccc(-c2ccccc2)cc1)NC(=O)C(CN)NC(C)C. The molecule has 2 aromatic rings. The van der Waals surface area contributed by atoms with Gasteiger partial charge in [-0.3, -0.25) is 9.59 Å². The molecule has 2 atom stereocenters. The van der Waals surface area contributed by atoms with Crippen molar-refractivity contribution in [2.75, 3.05) is 13.1 Å². The third-order valence-electron chi connectivity index (χ3n) is 5.30. The van der Waals surface area contributed by atoms with Crippen LogP contribution in [0, 0.1) is 0 Å². The lowest BCUT2D eigenvalue weighted by atomic mass is 10.00. The molecule has 2 aromatic carbocycles. The molecule has 0 bridgehead atoms. The summed E-state index contributed by atoms with van der Waals surface area (Å²) in [7, 11) is 0. The predicted molar refractivity (Wildman–Crippen MR) is 131 cm³/mol. The number of carbonyl (C=O) groups excluding carboxylic acids is 2. The number of benzene rings is 2. The molecule has 0 saturated carbocycles. The molecule has 0 aliphatic rings. The lowest BCUT2D eigenvalue weighted by Crippen LogP contribution is -2.56. The van der Waals surface area contributed by atoms with Crippen LogP contribution in [0.25, 0.3) is 11.1 Å². The molecule has 0 aromatic heterocycles. The Balaban J connectivity index is 2.10. The Hall–Kier alpha value is -2.70.